The van der Waals surface area contributed by atoms with E-state index in [2.05, 4.69) is 5.10 Å². The summed E-state index contributed by atoms with van der Waals surface area (Å²) < 4.78 is 15.0. The molecule has 1 aromatic heterocycles. The van der Waals surface area contributed by atoms with Crippen LogP contribution in [0.4, 0.5) is 4.39 Å². The first-order valence-electron chi connectivity index (χ1n) is 5.74. The van der Waals surface area contributed by atoms with Crippen LogP contribution in [0.5, 0.6) is 0 Å². The third kappa shape index (κ3) is 2.40. The summed E-state index contributed by atoms with van der Waals surface area (Å²) in [4.78, 5) is 0. The van der Waals surface area contributed by atoms with Gasteiger partial charge in [0.2, 0.25) is 0 Å². The molecule has 2 rings (SSSR count). The highest BCUT2D eigenvalue weighted by atomic mass is 35.5. The number of nitrogens with zero attached hydrogens (tertiary/aromatic N) is 2. The van der Waals surface area contributed by atoms with Gasteiger partial charge in [0.05, 0.1) is 16.8 Å². The zero-order valence-electron chi connectivity index (χ0n) is 10.3. The van der Waals surface area contributed by atoms with Crippen LogP contribution in [0.2, 0.25) is 5.02 Å². The zero-order valence-corrected chi connectivity index (χ0v) is 11.0. The summed E-state index contributed by atoms with van der Waals surface area (Å²) in [6, 6.07) is 6.24. The predicted octanol–water partition coefficient (Wildman–Crippen LogP) is 3.30. The van der Waals surface area contributed by atoms with E-state index in [1.54, 1.807) is 18.3 Å². The zero-order chi connectivity index (χ0) is 13.3. The van der Waals surface area contributed by atoms with Gasteiger partial charge in [-0.3, -0.25) is 4.68 Å². The van der Waals surface area contributed by atoms with Crippen LogP contribution in [0, 0.1) is 5.82 Å². The lowest BCUT2D eigenvalue weighted by atomic mass is 10.0. The quantitative estimate of drug-likeness (QED) is 0.927. The van der Waals surface area contributed by atoms with Crippen LogP contribution >= 0.6 is 11.6 Å². The molecule has 0 spiro atoms. The van der Waals surface area contributed by atoms with Crippen molar-refractivity contribution in [1.29, 1.82) is 0 Å². The number of aromatic nitrogens is 2. The Labute approximate surface area is 110 Å². The van der Waals surface area contributed by atoms with Crippen molar-refractivity contribution in [3.05, 3.63) is 52.6 Å². The van der Waals surface area contributed by atoms with Crippen molar-refractivity contribution in [2.45, 2.75) is 25.9 Å². The molecule has 5 heteroatoms. The standard InChI is InChI=1S/C13H15ClFN3/c1-8(2)18-12(5-6-17-18)13(16)9-3-4-11(15)10(14)7-9/h3-8,13H,16H2,1-2H3. The SMILES string of the molecule is CC(C)n1nccc1C(N)c1ccc(F)c(Cl)c1. The molecule has 18 heavy (non-hydrogen) atoms. The summed E-state index contributed by atoms with van der Waals surface area (Å²) in [7, 11) is 0. The molecule has 2 aromatic rings. The van der Waals surface area contributed by atoms with E-state index in [0.717, 1.165) is 11.3 Å². The second-order valence-electron chi connectivity index (χ2n) is 4.45. The maximum atomic E-state index is 13.1. The van der Waals surface area contributed by atoms with Crippen LogP contribution < -0.4 is 5.73 Å². The van der Waals surface area contributed by atoms with Crippen molar-refractivity contribution in [2.75, 3.05) is 0 Å². The molecule has 0 aliphatic carbocycles. The Hall–Kier alpha value is -1.39. The summed E-state index contributed by atoms with van der Waals surface area (Å²) in [6.07, 6.45) is 1.71. The molecule has 1 heterocycles. The topological polar surface area (TPSA) is 43.8 Å². The predicted molar refractivity (Wildman–Crippen MR) is 70.1 cm³/mol. The normalized spacial score (nSPS) is 13.0. The summed E-state index contributed by atoms with van der Waals surface area (Å²) in [5.74, 6) is -0.440. The molecule has 2 N–H and O–H groups in total. The molecule has 1 aromatic carbocycles. The fourth-order valence-corrected chi connectivity index (χ4v) is 2.07. The van der Waals surface area contributed by atoms with Crippen LogP contribution in [0.3, 0.4) is 0 Å². The van der Waals surface area contributed by atoms with E-state index < -0.39 is 5.82 Å². The summed E-state index contributed by atoms with van der Waals surface area (Å²) in [5, 5.41) is 4.31. The molecule has 0 saturated carbocycles. The largest absolute Gasteiger partial charge is 0.319 e. The van der Waals surface area contributed by atoms with Crippen LogP contribution in [-0.2, 0) is 0 Å². The maximum Gasteiger partial charge on any atom is 0.141 e. The lowest BCUT2D eigenvalue weighted by molar-refractivity contribution is 0.499. The van der Waals surface area contributed by atoms with Gasteiger partial charge in [0, 0.05) is 12.2 Å². The molecule has 0 aliphatic rings. The number of hydrogen-bond acceptors (Lipinski definition) is 2. The van der Waals surface area contributed by atoms with Crippen molar-refractivity contribution < 1.29 is 4.39 Å². The van der Waals surface area contributed by atoms with E-state index in [1.165, 1.54) is 6.07 Å². The molecule has 1 unspecified atom stereocenters. The van der Waals surface area contributed by atoms with E-state index in [4.69, 9.17) is 17.3 Å². The first kappa shape index (κ1) is 13.1. The van der Waals surface area contributed by atoms with E-state index in [1.807, 2.05) is 24.6 Å². The van der Waals surface area contributed by atoms with E-state index in [-0.39, 0.29) is 17.1 Å². The molecule has 3 nitrogen and oxygen atoms in total. The summed E-state index contributed by atoms with van der Waals surface area (Å²) in [5.41, 5.74) is 7.83. The van der Waals surface area contributed by atoms with Crippen LogP contribution in [0.25, 0.3) is 0 Å². The number of hydrogen-bond donors (Lipinski definition) is 1. The molecule has 1 atom stereocenters. The van der Waals surface area contributed by atoms with Crippen LogP contribution in [0.1, 0.15) is 37.2 Å². The maximum absolute atomic E-state index is 13.1. The van der Waals surface area contributed by atoms with Crippen molar-refractivity contribution in [3.63, 3.8) is 0 Å². The van der Waals surface area contributed by atoms with Crippen molar-refractivity contribution in [1.82, 2.24) is 9.78 Å². The highest BCUT2D eigenvalue weighted by Crippen LogP contribution is 2.25. The van der Waals surface area contributed by atoms with Crippen LogP contribution in [-0.4, -0.2) is 9.78 Å². The second kappa shape index (κ2) is 5.08. The number of nitrogens with two attached hydrogens (primary N) is 1. The van der Waals surface area contributed by atoms with Gasteiger partial charge in [-0.05, 0) is 37.6 Å². The smallest absolute Gasteiger partial charge is 0.141 e. The molecule has 0 saturated heterocycles. The van der Waals surface area contributed by atoms with Crippen LogP contribution in [0.15, 0.2) is 30.5 Å². The average molecular weight is 268 g/mol. The Morgan fingerprint density at radius 3 is 2.67 bits per heavy atom. The molecule has 0 fully saturated rings. The Balaban J connectivity index is 2.38. The Bertz CT molecular complexity index is 551. The molecule has 0 amide bonds. The monoisotopic (exact) mass is 267 g/mol. The minimum atomic E-state index is -0.440. The summed E-state index contributed by atoms with van der Waals surface area (Å²) >= 11 is 5.77. The van der Waals surface area contributed by atoms with Gasteiger partial charge in [-0.2, -0.15) is 5.10 Å². The van der Waals surface area contributed by atoms with Crippen molar-refractivity contribution in [2.24, 2.45) is 5.73 Å². The fraction of sp³-hybridized carbons (Fsp3) is 0.308. The van der Waals surface area contributed by atoms with Crippen molar-refractivity contribution >= 4 is 11.6 Å². The molecule has 0 radical (unpaired) electrons. The first-order valence-corrected chi connectivity index (χ1v) is 6.12. The van der Waals surface area contributed by atoms with Gasteiger partial charge in [0.15, 0.2) is 0 Å². The van der Waals surface area contributed by atoms with Gasteiger partial charge < -0.3 is 5.73 Å². The molecule has 0 aliphatic heterocycles. The lowest BCUT2D eigenvalue weighted by Gasteiger charge is -2.17. The number of benzene rings is 1. The minimum Gasteiger partial charge on any atom is -0.319 e. The third-order valence-corrected chi connectivity index (χ3v) is 3.10. The Morgan fingerprint density at radius 1 is 1.33 bits per heavy atom. The van der Waals surface area contributed by atoms with E-state index >= 15 is 0 Å². The molecule has 0 bridgehead atoms. The third-order valence-electron chi connectivity index (χ3n) is 2.81. The lowest BCUT2D eigenvalue weighted by Crippen LogP contribution is -2.18. The van der Waals surface area contributed by atoms with Gasteiger partial charge in [-0.15, -0.1) is 0 Å². The van der Waals surface area contributed by atoms with E-state index in [9.17, 15) is 4.39 Å². The van der Waals surface area contributed by atoms with Gasteiger partial charge in [0.1, 0.15) is 5.82 Å². The molecular weight excluding hydrogens is 253 g/mol. The second-order valence-corrected chi connectivity index (χ2v) is 4.85. The van der Waals surface area contributed by atoms with Gasteiger partial charge >= 0.3 is 0 Å². The van der Waals surface area contributed by atoms with Gasteiger partial charge in [-0.1, -0.05) is 17.7 Å². The highest BCUT2D eigenvalue weighted by Gasteiger charge is 2.16. The molecular formula is C13H15ClFN3. The highest BCUT2D eigenvalue weighted by molar-refractivity contribution is 6.30. The van der Waals surface area contributed by atoms with Crippen molar-refractivity contribution in [3.8, 4) is 0 Å². The first-order chi connectivity index (χ1) is 8.50. The Kier molecular flexibility index (Phi) is 3.68. The fourth-order valence-electron chi connectivity index (χ4n) is 1.88. The van der Waals surface area contributed by atoms with Gasteiger partial charge in [0.25, 0.3) is 0 Å². The van der Waals surface area contributed by atoms with Gasteiger partial charge in [-0.25, -0.2) is 4.39 Å². The number of halogens is 2. The number of rotatable bonds is 3. The summed E-state index contributed by atoms with van der Waals surface area (Å²) in [6.45, 7) is 4.06. The molecule has 96 valence electrons. The minimum absolute atomic E-state index is 0.0820. The average Bonchev–Trinajstić information content (AvgIpc) is 2.81. The Morgan fingerprint density at radius 2 is 2.06 bits per heavy atom. The van der Waals surface area contributed by atoms with E-state index in [0.29, 0.717) is 0 Å².